The molecule has 0 radical (unpaired) electrons. The van der Waals surface area contributed by atoms with Crippen molar-refractivity contribution in [3.63, 3.8) is 0 Å². The number of likely N-dealkylation sites (tertiary alicyclic amines) is 1. The summed E-state index contributed by atoms with van der Waals surface area (Å²) in [5, 5.41) is 3.07. The summed E-state index contributed by atoms with van der Waals surface area (Å²) in [4.78, 5) is 43.5. The lowest BCUT2D eigenvalue weighted by Crippen LogP contribution is -2.53. The van der Waals surface area contributed by atoms with Crippen LogP contribution in [0.15, 0.2) is 29.2 Å². The van der Waals surface area contributed by atoms with E-state index >= 15 is 0 Å². The molecule has 1 aliphatic rings. The van der Waals surface area contributed by atoms with Crippen LogP contribution in [0.4, 0.5) is 5.69 Å². The van der Waals surface area contributed by atoms with Crippen LogP contribution in [0.2, 0.25) is 0 Å². The fourth-order valence-electron chi connectivity index (χ4n) is 5.36. The number of likely N-dealkylation sites (N-methyl/N-ethyl adjacent to an activating group) is 1. The lowest BCUT2D eigenvalue weighted by molar-refractivity contribution is -0.145. The van der Waals surface area contributed by atoms with E-state index in [0.29, 0.717) is 6.54 Å². The minimum Gasteiger partial charge on any atom is -0.388 e. The molecule has 220 valence electrons. The molecule has 1 aromatic rings. The van der Waals surface area contributed by atoms with Gasteiger partial charge in [0, 0.05) is 45.4 Å². The van der Waals surface area contributed by atoms with Crippen molar-refractivity contribution in [3.05, 3.63) is 24.3 Å². The lowest BCUT2D eigenvalue weighted by Gasteiger charge is -2.39. The van der Waals surface area contributed by atoms with Gasteiger partial charge in [-0.25, -0.2) is 0 Å². The van der Waals surface area contributed by atoms with Crippen LogP contribution in [0.3, 0.4) is 0 Å². The second-order valence-corrected chi connectivity index (χ2v) is 11.1. The molecular weight excluding hydrogens is 518 g/mol. The molecule has 0 aliphatic carbocycles. The molecule has 1 saturated heterocycles. The van der Waals surface area contributed by atoms with Gasteiger partial charge in [0.2, 0.25) is 17.7 Å². The Kier molecular flexibility index (Phi) is 13.5. The fourth-order valence-corrected chi connectivity index (χ4v) is 6.04. The topological polar surface area (TPSA) is 126 Å². The number of amides is 3. The predicted octanol–water partition coefficient (Wildman–Crippen LogP) is 2.73. The van der Waals surface area contributed by atoms with E-state index in [1.54, 1.807) is 26.2 Å². The molecule has 10 nitrogen and oxygen atoms in total. The van der Waals surface area contributed by atoms with E-state index < -0.39 is 18.1 Å². The molecule has 39 heavy (non-hydrogen) atoms. The van der Waals surface area contributed by atoms with Crippen molar-refractivity contribution in [1.29, 1.82) is 0 Å². The molecule has 1 fully saturated rings. The van der Waals surface area contributed by atoms with Gasteiger partial charge < -0.3 is 30.3 Å². The Labute approximate surface area is 237 Å². The van der Waals surface area contributed by atoms with Crippen molar-refractivity contribution in [1.82, 2.24) is 14.5 Å². The third kappa shape index (κ3) is 8.57. The van der Waals surface area contributed by atoms with E-state index in [1.807, 2.05) is 43.1 Å². The molecule has 6 unspecified atom stereocenters. The standard InChI is InChI=1S/C28H47N5O5S/c1-8-18(2)26(32(5)25(35)17-29)23(37-6)16-24(34)33-15-9-10-22(33)27(38-7)19(3)28(36)31-39-21-13-11-20(30-4)12-14-21/h11-14,18-19,22-23,26-27,30H,8-10,15-17,29H2,1-7H3,(H,31,36). The van der Waals surface area contributed by atoms with E-state index in [0.717, 1.165) is 29.8 Å². The second-order valence-electron chi connectivity index (χ2n) is 10.2. The number of ether oxygens (including phenoxy) is 2. The number of nitrogens with two attached hydrogens (primary N) is 1. The van der Waals surface area contributed by atoms with Gasteiger partial charge in [-0.2, -0.15) is 0 Å². The number of benzene rings is 1. The maximum atomic E-state index is 13.6. The molecule has 1 aromatic carbocycles. The molecule has 1 heterocycles. The molecule has 1 aliphatic heterocycles. The highest BCUT2D eigenvalue weighted by atomic mass is 32.2. The SMILES string of the molecule is CCC(C)C(C(CC(=O)N1CCCC1C(OC)C(C)C(=O)NSc1ccc(NC)cc1)OC)N(C)C(=O)CN. The highest BCUT2D eigenvalue weighted by molar-refractivity contribution is 7.98. The first-order valence-electron chi connectivity index (χ1n) is 13.7. The number of nitrogens with zero attached hydrogens (tertiary/aromatic N) is 2. The van der Waals surface area contributed by atoms with Crippen LogP contribution in [0.5, 0.6) is 0 Å². The highest BCUT2D eigenvalue weighted by Crippen LogP contribution is 2.29. The predicted molar refractivity (Wildman–Crippen MR) is 155 cm³/mol. The van der Waals surface area contributed by atoms with Crippen molar-refractivity contribution >= 4 is 35.4 Å². The summed E-state index contributed by atoms with van der Waals surface area (Å²) in [6.07, 6.45) is 1.58. The van der Waals surface area contributed by atoms with Gasteiger partial charge in [0.25, 0.3) is 0 Å². The van der Waals surface area contributed by atoms with Crippen LogP contribution >= 0.6 is 11.9 Å². The number of carbonyl (C=O) groups excluding carboxylic acids is 3. The normalized spacial score (nSPS) is 19.1. The maximum absolute atomic E-state index is 13.6. The summed E-state index contributed by atoms with van der Waals surface area (Å²) in [7, 11) is 6.73. The van der Waals surface area contributed by atoms with Gasteiger partial charge in [-0.05, 0) is 55.0 Å². The highest BCUT2D eigenvalue weighted by Gasteiger charge is 2.41. The molecule has 3 amide bonds. The van der Waals surface area contributed by atoms with Crippen LogP contribution in [-0.4, -0.2) is 93.2 Å². The van der Waals surface area contributed by atoms with Crippen molar-refractivity contribution in [2.24, 2.45) is 17.6 Å². The Bertz CT molecular complexity index is 933. The van der Waals surface area contributed by atoms with Crippen LogP contribution in [0, 0.1) is 11.8 Å². The molecule has 0 saturated carbocycles. The van der Waals surface area contributed by atoms with E-state index in [-0.39, 0.29) is 48.7 Å². The van der Waals surface area contributed by atoms with E-state index in [1.165, 1.54) is 11.9 Å². The zero-order chi connectivity index (χ0) is 29.1. The smallest absolute Gasteiger partial charge is 0.236 e. The number of anilines is 1. The Morgan fingerprint density at radius 2 is 1.85 bits per heavy atom. The molecule has 4 N–H and O–H groups in total. The lowest BCUT2D eigenvalue weighted by atomic mass is 9.90. The largest absolute Gasteiger partial charge is 0.388 e. The number of rotatable bonds is 15. The quantitative estimate of drug-likeness (QED) is 0.277. The van der Waals surface area contributed by atoms with Crippen molar-refractivity contribution in [3.8, 4) is 0 Å². The van der Waals surface area contributed by atoms with Gasteiger partial charge in [-0.1, -0.05) is 27.2 Å². The third-order valence-electron chi connectivity index (χ3n) is 7.89. The third-order valence-corrected chi connectivity index (χ3v) is 8.70. The van der Waals surface area contributed by atoms with Crippen molar-refractivity contribution in [2.45, 2.75) is 75.6 Å². The second kappa shape index (κ2) is 16.1. The first kappa shape index (κ1) is 32.9. The maximum Gasteiger partial charge on any atom is 0.236 e. The number of carbonyl (C=O) groups is 3. The van der Waals surface area contributed by atoms with E-state index in [4.69, 9.17) is 15.2 Å². The summed E-state index contributed by atoms with van der Waals surface area (Å²) in [6, 6.07) is 7.24. The van der Waals surface area contributed by atoms with Crippen LogP contribution in [0.25, 0.3) is 0 Å². The van der Waals surface area contributed by atoms with E-state index in [9.17, 15) is 14.4 Å². The van der Waals surface area contributed by atoms with Gasteiger partial charge in [-0.15, -0.1) is 0 Å². The summed E-state index contributed by atoms with van der Waals surface area (Å²) < 4.78 is 14.6. The average Bonchev–Trinajstić information content (AvgIpc) is 3.44. The molecule has 11 heteroatoms. The molecule has 0 bridgehead atoms. The molecule has 0 spiro atoms. The zero-order valence-corrected chi connectivity index (χ0v) is 25.3. The van der Waals surface area contributed by atoms with Crippen molar-refractivity contribution < 1.29 is 23.9 Å². The van der Waals surface area contributed by atoms with Crippen molar-refractivity contribution in [2.75, 3.05) is 46.7 Å². The molecule has 2 rings (SSSR count). The summed E-state index contributed by atoms with van der Waals surface area (Å²) in [5.74, 6) is -0.780. The van der Waals surface area contributed by atoms with Gasteiger partial charge in [-0.3, -0.25) is 19.1 Å². The Morgan fingerprint density at radius 3 is 2.38 bits per heavy atom. The number of nitrogens with one attached hydrogen (secondary N) is 2. The van der Waals surface area contributed by atoms with Gasteiger partial charge in [0.1, 0.15) is 0 Å². The minimum absolute atomic E-state index is 0.0695. The number of methoxy groups -OCH3 is 2. The molecule has 0 aromatic heterocycles. The summed E-state index contributed by atoms with van der Waals surface area (Å²) >= 11 is 1.26. The Balaban J connectivity index is 2.11. The summed E-state index contributed by atoms with van der Waals surface area (Å²) in [5.41, 5.74) is 6.62. The minimum atomic E-state index is -0.485. The van der Waals surface area contributed by atoms with Gasteiger partial charge in [0.15, 0.2) is 0 Å². The average molecular weight is 566 g/mol. The first-order valence-corrected chi connectivity index (χ1v) is 14.5. The Morgan fingerprint density at radius 1 is 1.18 bits per heavy atom. The first-order chi connectivity index (χ1) is 18.6. The van der Waals surface area contributed by atoms with E-state index in [2.05, 4.69) is 23.9 Å². The number of hydrogen-bond acceptors (Lipinski definition) is 8. The Hall–Kier alpha value is -2.34. The van der Waals surface area contributed by atoms with Gasteiger partial charge >= 0.3 is 0 Å². The number of hydrogen-bond donors (Lipinski definition) is 3. The van der Waals surface area contributed by atoms with Crippen LogP contribution in [-0.2, 0) is 23.9 Å². The van der Waals surface area contributed by atoms with Gasteiger partial charge in [0.05, 0.1) is 43.2 Å². The molecular formula is C28H47N5O5S. The summed E-state index contributed by atoms with van der Waals surface area (Å²) in [6.45, 7) is 6.42. The molecule has 6 atom stereocenters. The monoisotopic (exact) mass is 565 g/mol. The zero-order valence-electron chi connectivity index (χ0n) is 24.4. The van der Waals surface area contributed by atoms with Crippen LogP contribution < -0.4 is 15.8 Å². The fraction of sp³-hybridized carbons (Fsp3) is 0.679. The van der Waals surface area contributed by atoms with Crippen LogP contribution in [0.1, 0.15) is 46.5 Å².